The minimum atomic E-state index is -1.02. The summed E-state index contributed by atoms with van der Waals surface area (Å²) in [6.45, 7) is 2.16. The molecule has 2 aromatic carbocycles. The lowest BCUT2D eigenvalue weighted by Gasteiger charge is -2.21. The van der Waals surface area contributed by atoms with Crippen LogP contribution in [0.4, 0.5) is 5.69 Å². The number of likely N-dealkylation sites (N-methyl/N-ethyl adjacent to an activating group) is 1. The molecule has 0 unspecified atom stereocenters. The number of ether oxygens (including phenoxy) is 1. The summed E-state index contributed by atoms with van der Waals surface area (Å²) in [5.41, 5.74) is 2.11. The molecular weight excluding hydrogens is 446 g/mol. The Kier molecular flexibility index (Phi) is 7.12. The molecule has 0 bridgehead atoms. The molecule has 3 aromatic rings. The van der Waals surface area contributed by atoms with Gasteiger partial charge < -0.3 is 24.8 Å². The Balaban J connectivity index is 1.40. The molecule has 1 aliphatic heterocycles. The first-order chi connectivity index (χ1) is 16.9. The van der Waals surface area contributed by atoms with Crippen molar-refractivity contribution in [1.82, 2.24) is 20.2 Å². The quantitative estimate of drug-likeness (QED) is 0.445. The zero-order valence-electron chi connectivity index (χ0n) is 19.4. The number of aromatic nitrogens is 2. The second-order valence-corrected chi connectivity index (χ2v) is 8.06. The van der Waals surface area contributed by atoms with Crippen LogP contribution in [0.2, 0.25) is 0 Å². The number of fused-ring (bicyclic) bond motifs is 1. The molecule has 3 amide bonds. The van der Waals surface area contributed by atoms with Crippen LogP contribution in [-0.2, 0) is 20.9 Å². The lowest BCUT2D eigenvalue weighted by atomic mass is 10.1. The Morgan fingerprint density at radius 2 is 2.00 bits per heavy atom. The molecule has 9 heteroatoms. The van der Waals surface area contributed by atoms with Crippen molar-refractivity contribution >= 4 is 23.4 Å². The topological polar surface area (TPSA) is 106 Å². The molecule has 2 atom stereocenters. The molecule has 0 aliphatic carbocycles. The SMILES string of the molecule is C[C@@H](NC(=O)C(=O)N[C@H]1COc2ccc(C#CCn3ccnc3)cc2N(C)C1=O)c1ccccc1. The maximum absolute atomic E-state index is 13.0. The summed E-state index contributed by atoms with van der Waals surface area (Å²) in [4.78, 5) is 43.3. The monoisotopic (exact) mass is 471 g/mol. The van der Waals surface area contributed by atoms with Crippen LogP contribution in [0.5, 0.6) is 5.75 Å². The lowest BCUT2D eigenvalue weighted by Crippen LogP contribution is -2.53. The maximum atomic E-state index is 13.0. The number of benzene rings is 2. The van der Waals surface area contributed by atoms with E-state index in [0.717, 1.165) is 5.56 Å². The van der Waals surface area contributed by atoms with Gasteiger partial charge in [0.2, 0.25) is 0 Å². The van der Waals surface area contributed by atoms with Crippen LogP contribution in [0.15, 0.2) is 67.3 Å². The number of imidazole rings is 1. The van der Waals surface area contributed by atoms with E-state index in [0.29, 0.717) is 23.5 Å². The Morgan fingerprint density at radius 3 is 2.74 bits per heavy atom. The molecule has 1 aromatic heterocycles. The smallest absolute Gasteiger partial charge is 0.310 e. The lowest BCUT2D eigenvalue weighted by molar-refractivity contribution is -0.141. The van der Waals surface area contributed by atoms with E-state index in [2.05, 4.69) is 27.5 Å². The summed E-state index contributed by atoms with van der Waals surface area (Å²) in [7, 11) is 1.59. The molecular formula is C26H25N5O4. The second-order valence-electron chi connectivity index (χ2n) is 8.06. The van der Waals surface area contributed by atoms with Gasteiger partial charge in [0.25, 0.3) is 5.91 Å². The highest BCUT2D eigenvalue weighted by Gasteiger charge is 2.32. The minimum Gasteiger partial charge on any atom is -0.489 e. The van der Waals surface area contributed by atoms with Gasteiger partial charge in [0.1, 0.15) is 18.4 Å². The van der Waals surface area contributed by atoms with E-state index in [1.807, 2.05) is 41.1 Å². The minimum absolute atomic E-state index is 0.102. The molecule has 2 heterocycles. The summed E-state index contributed by atoms with van der Waals surface area (Å²) >= 11 is 0. The molecule has 1 aliphatic rings. The van der Waals surface area contributed by atoms with E-state index in [1.165, 1.54) is 4.90 Å². The number of nitrogens with one attached hydrogen (secondary N) is 2. The summed E-state index contributed by atoms with van der Waals surface area (Å²) in [5, 5.41) is 5.14. The van der Waals surface area contributed by atoms with Gasteiger partial charge in [-0.05, 0) is 30.7 Å². The van der Waals surface area contributed by atoms with Crippen molar-refractivity contribution in [3.8, 4) is 17.6 Å². The zero-order valence-corrected chi connectivity index (χ0v) is 19.4. The van der Waals surface area contributed by atoms with Gasteiger partial charge in [-0.25, -0.2) is 4.98 Å². The van der Waals surface area contributed by atoms with Gasteiger partial charge in [-0.3, -0.25) is 14.4 Å². The molecule has 0 radical (unpaired) electrons. The molecule has 0 saturated heterocycles. The highest BCUT2D eigenvalue weighted by molar-refractivity contribution is 6.35. The van der Waals surface area contributed by atoms with Gasteiger partial charge in [0, 0.05) is 25.0 Å². The molecule has 0 spiro atoms. The number of hydrogen-bond donors (Lipinski definition) is 2. The maximum Gasteiger partial charge on any atom is 0.310 e. The number of hydrogen-bond acceptors (Lipinski definition) is 5. The van der Waals surface area contributed by atoms with Gasteiger partial charge in [0.05, 0.1) is 24.6 Å². The fourth-order valence-electron chi connectivity index (χ4n) is 3.60. The first kappa shape index (κ1) is 23.6. The van der Waals surface area contributed by atoms with E-state index in [-0.39, 0.29) is 12.6 Å². The normalized spacial score (nSPS) is 15.5. The van der Waals surface area contributed by atoms with Crippen LogP contribution in [0, 0.1) is 11.8 Å². The average Bonchev–Trinajstić information content (AvgIpc) is 3.36. The third-order valence-corrected chi connectivity index (χ3v) is 5.57. The van der Waals surface area contributed by atoms with E-state index in [1.54, 1.807) is 44.7 Å². The Hall–Kier alpha value is -4.58. The summed E-state index contributed by atoms with van der Waals surface area (Å²) in [6, 6.07) is 13.2. The largest absolute Gasteiger partial charge is 0.489 e. The van der Waals surface area contributed by atoms with Crippen LogP contribution < -0.4 is 20.3 Å². The van der Waals surface area contributed by atoms with Crippen molar-refractivity contribution in [2.24, 2.45) is 0 Å². The molecule has 35 heavy (non-hydrogen) atoms. The van der Waals surface area contributed by atoms with Crippen LogP contribution in [0.3, 0.4) is 0 Å². The van der Waals surface area contributed by atoms with E-state index in [4.69, 9.17) is 4.74 Å². The van der Waals surface area contributed by atoms with Gasteiger partial charge in [-0.2, -0.15) is 0 Å². The Morgan fingerprint density at radius 1 is 1.20 bits per heavy atom. The van der Waals surface area contributed by atoms with Crippen LogP contribution >= 0.6 is 0 Å². The molecule has 0 saturated carbocycles. The Bertz CT molecular complexity index is 1280. The number of rotatable bonds is 4. The molecule has 178 valence electrons. The number of anilines is 1. The van der Waals surface area contributed by atoms with Crippen molar-refractivity contribution < 1.29 is 19.1 Å². The standard InChI is InChI=1S/C26H25N5O4/c1-18(20-8-4-3-5-9-20)28-24(32)25(33)29-21-16-35-23-11-10-19(15-22(23)30(2)26(21)34)7-6-13-31-14-12-27-17-31/h3-5,8-12,14-15,17-18,21H,13,16H2,1-2H3,(H,28,32)(H,29,33)/t18-,21+/m1/s1. The van der Waals surface area contributed by atoms with Gasteiger partial charge >= 0.3 is 11.8 Å². The molecule has 9 nitrogen and oxygen atoms in total. The fraction of sp³-hybridized carbons (Fsp3) is 0.231. The highest BCUT2D eigenvalue weighted by atomic mass is 16.5. The van der Waals surface area contributed by atoms with Crippen LogP contribution in [-0.4, -0.2) is 47.0 Å². The summed E-state index contributed by atoms with van der Waals surface area (Å²) in [6.07, 6.45) is 5.19. The summed E-state index contributed by atoms with van der Waals surface area (Å²) < 4.78 is 7.63. The van der Waals surface area contributed by atoms with Crippen molar-refractivity contribution in [1.29, 1.82) is 0 Å². The van der Waals surface area contributed by atoms with Crippen molar-refractivity contribution in [3.05, 3.63) is 78.4 Å². The van der Waals surface area contributed by atoms with Crippen molar-refractivity contribution in [3.63, 3.8) is 0 Å². The summed E-state index contributed by atoms with van der Waals surface area (Å²) in [5.74, 6) is 4.48. The van der Waals surface area contributed by atoms with Crippen LogP contribution in [0.25, 0.3) is 0 Å². The first-order valence-corrected chi connectivity index (χ1v) is 11.1. The van der Waals surface area contributed by atoms with Gasteiger partial charge in [0.15, 0.2) is 0 Å². The van der Waals surface area contributed by atoms with E-state index < -0.39 is 23.8 Å². The fourth-order valence-corrected chi connectivity index (χ4v) is 3.60. The predicted molar refractivity (Wildman–Crippen MR) is 129 cm³/mol. The third-order valence-electron chi connectivity index (χ3n) is 5.57. The number of nitrogens with zero attached hydrogens (tertiary/aromatic N) is 3. The van der Waals surface area contributed by atoms with Crippen LogP contribution in [0.1, 0.15) is 24.1 Å². The highest BCUT2D eigenvalue weighted by Crippen LogP contribution is 2.31. The van der Waals surface area contributed by atoms with E-state index >= 15 is 0 Å². The first-order valence-electron chi connectivity index (χ1n) is 11.1. The van der Waals surface area contributed by atoms with Gasteiger partial charge in [-0.15, -0.1) is 0 Å². The third kappa shape index (κ3) is 5.68. The average molecular weight is 472 g/mol. The molecule has 0 fully saturated rings. The number of carbonyl (C=O) groups excluding carboxylic acids is 3. The van der Waals surface area contributed by atoms with E-state index in [9.17, 15) is 14.4 Å². The van der Waals surface area contributed by atoms with Gasteiger partial charge in [-0.1, -0.05) is 42.2 Å². The van der Waals surface area contributed by atoms with Crippen molar-refractivity contribution in [2.45, 2.75) is 25.6 Å². The predicted octanol–water partition coefficient (Wildman–Crippen LogP) is 1.65. The number of carbonyl (C=O) groups is 3. The van der Waals surface area contributed by atoms with Crippen molar-refractivity contribution in [2.75, 3.05) is 18.6 Å². The Labute approximate surface area is 203 Å². The molecule has 2 N–H and O–H groups in total. The number of amides is 3. The zero-order chi connectivity index (χ0) is 24.8. The second kappa shape index (κ2) is 10.6. The molecule has 4 rings (SSSR count).